The van der Waals surface area contributed by atoms with Gasteiger partial charge in [-0.15, -0.1) is 0 Å². The van der Waals surface area contributed by atoms with Crippen molar-refractivity contribution in [1.29, 1.82) is 0 Å². The lowest BCUT2D eigenvalue weighted by Gasteiger charge is -2.19. The molecule has 6 heteroatoms. The SMILES string of the molecule is Cc1c(NC(=O)C(C)Oc2cccc(Cl)c2)cccc1C(=O)N1CCCC1. The number of rotatable bonds is 5. The number of hydrogen-bond donors (Lipinski definition) is 1. The lowest BCUT2D eigenvalue weighted by molar-refractivity contribution is -0.122. The van der Waals surface area contributed by atoms with E-state index in [-0.39, 0.29) is 11.8 Å². The van der Waals surface area contributed by atoms with E-state index in [4.69, 9.17) is 16.3 Å². The molecule has 2 amide bonds. The van der Waals surface area contributed by atoms with Gasteiger partial charge in [0.2, 0.25) is 0 Å². The number of nitrogens with one attached hydrogen (secondary N) is 1. The van der Waals surface area contributed by atoms with Crippen LogP contribution in [-0.4, -0.2) is 35.9 Å². The monoisotopic (exact) mass is 386 g/mol. The van der Waals surface area contributed by atoms with Gasteiger partial charge >= 0.3 is 0 Å². The molecule has 2 aromatic carbocycles. The van der Waals surface area contributed by atoms with Gasteiger partial charge in [-0.1, -0.05) is 23.7 Å². The summed E-state index contributed by atoms with van der Waals surface area (Å²) in [5.41, 5.74) is 2.00. The normalized spacial score (nSPS) is 14.7. The Labute approximate surface area is 164 Å². The van der Waals surface area contributed by atoms with Crippen molar-refractivity contribution in [3.05, 3.63) is 58.6 Å². The number of nitrogens with zero attached hydrogens (tertiary/aromatic N) is 1. The van der Waals surface area contributed by atoms with Gasteiger partial charge in [0.1, 0.15) is 5.75 Å². The van der Waals surface area contributed by atoms with Gasteiger partial charge in [0.25, 0.3) is 11.8 Å². The number of carbonyl (C=O) groups excluding carboxylic acids is 2. The zero-order chi connectivity index (χ0) is 19.4. The van der Waals surface area contributed by atoms with E-state index in [2.05, 4.69) is 5.32 Å². The topological polar surface area (TPSA) is 58.6 Å². The van der Waals surface area contributed by atoms with E-state index in [1.54, 1.807) is 49.4 Å². The predicted molar refractivity (Wildman–Crippen MR) is 106 cm³/mol. The van der Waals surface area contributed by atoms with Crippen molar-refractivity contribution < 1.29 is 14.3 Å². The molecule has 1 atom stereocenters. The fourth-order valence-electron chi connectivity index (χ4n) is 3.13. The van der Waals surface area contributed by atoms with Crippen molar-refractivity contribution in [3.8, 4) is 5.75 Å². The molecule has 0 saturated carbocycles. The van der Waals surface area contributed by atoms with Crippen molar-refractivity contribution >= 4 is 29.1 Å². The molecule has 1 N–H and O–H groups in total. The summed E-state index contributed by atoms with van der Waals surface area (Å²) < 4.78 is 5.66. The highest BCUT2D eigenvalue weighted by Crippen LogP contribution is 2.23. The van der Waals surface area contributed by atoms with Crippen LogP contribution in [0.2, 0.25) is 5.02 Å². The second kappa shape index (κ2) is 8.44. The number of hydrogen-bond acceptors (Lipinski definition) is 3. The van der Waals surface area contributed by atoms with Crippen molar-refractivity contribution in [2.75, 3.05) is 18.4 Å². The lowest BCUT2D eigenvalue weighted by Crippen LogP contribution is -2.31. The second-order valence-corrected chi connectivity index (χ2v) is 7.12. The van der Waals surface area contributed by atoms with Crippen LogP contribution < -0.4 is 10.1 Å². The first-order chi connectivity index (χ1) is 13.0. The van der Waals surface area contributed by atoms with Crippen LogP contribution in [0.25, 0.3) is 0 Å². The minimum atomic E-state index is -0.708. The number of amides is 2. The zero-order valence-corrected chi connectivity index (χ0v) is 16.3. The smallest absolute Gasteiger partial charge is 0.265 e. The van der Waals surface area contributed by atoms with Gasteiger partial charge in [-0.2, -0.15) is 0 Å². The van der Waals surface area contributed by atoms with Crippen LogP contribution in [0.15, 0.2) is 42.5 Å². The van der Waals surface area contributed by atoms with Crippen LogP contribution in [0.3, 0.4) is 0 Å². The minimum absolute atomic E-state index is 0.0179. The summed E-state index contributed by atoms with van der Waals surface area (Å²) in [6.45, 7) is 5.10. The molecular formula is C21H23ClN2O3. The van der Waals surface area contributed by atoms with E-state index < -0.39 is 6.10 Å². The fourth-order valence-corrected chi connectivity index (χ4v) is 3.31. The minimum Gasteiger partial charge on any atom is -0.481 e. The summed E-state index contributed by atoms with van der Waals surface area (Å²) in [5.74, 6) is 0.257. The third kappa shape index (κ3) is 4.61. The molecule has 5 nitrogen and oxygen atoms in total. The standard InChI is InChI=1S/C21H23ClN2O3/c1-14-18(21(26)24-11-3-4-12-24)9-6-10-19(14)23-20(25)15(2)27-17-8-5-7-16(22)13-17/h5-10,13,15H,3-4,11-12H2,1-2H3,(H,23,25). The van der Waals surface area contributed by atoms with Crippen molar-refractivity contribution in [2.45, 2.75) is 32.8 Å². The molecular weight excluding hydrogens is 364 g/mol. The first kappa shape index (κ1) is 19.2. The molecule has 0 aromatic heterocycles. The third-order valence-electron chi connectivity index (χ3n) is 4.69. The third-order valence-corrected chi connectivity index (χ3v) is 4.93. The number of anilines is 1. The summed E-state index contributed by atoms with van der Waals surface area (Å²) in [4.78, 5) is 27.1. The van der Waals surface area contributed by atoms with Crippen LogP contribution in [0.5, 0.6) is 5.75 Å². The highest BCUT2D eigenvalue weighted by molar-refractivity contribution is 6.30. The van der Waals surface area contributed by atoms with E-state index in [0.29, 0.717) is 22.0 Å². The molecule has 1 heterocycles. The molecule has 1 saturated heterocycles. The van der Waals surface area contributed by atoms with E-state index in [1.807, 2.05) is 11.8 Å². The van der Waals surface area contributed by atoms with Gasteiger partial charge in [-0.05, 0) is 62.6 Å². The van der Waals surface area contributed by atoms with Gasteiger partial charge in [0.15, 0.2) is 6.10 Å². The van der Waals surface area contributed by atoms with Crippen LogP contribution in [0, 0.1) is 6.92 Å². The molecule has 0 bridgehead atoms. The Bertz CT molecular complexity index is 847. The molecule has 1 fully saturated rings. The van der Waals surface area contributed by atoms with Crippen LogP contribution in [0.4, 0.5) is 5.69 Å². The molecule has 1 unspecified atom stereocenters. The number of benzene rings is 2. The number of likely N-dealkylation sites (tertiary alicyclic amines) is 1. The Morgan fingerprint density at radius 3 is 2.56 bits per heavy atom. The lowest BCUT2D eigenvalue weighted by atomic mass is 10.1. The van der Waals surface area contributed by atoms with Gasteiger partial charge in [0, 0.05) is 29.4 Å². The first-order valence-corrected chi connectivity index (χ1v) is 9.45. The Morgan fingerprint density at radius 1 is 1.15 bits per heavy atom. The molecule has 0 spiro atoms. The molecule has 27 heavy (non-hydrogen) atoms. The molecule has 0 aliphatic carbocycles. The zero-order valence-electron chi connectivity index (χ0n) is 15.5. The predicted octanol–water partition coefficient (Wildman–Crippen LogP) is 4.29. The molecule has 3 rings (SSSR count). The highest BCUT2D eigenvalue weighted by Gasteiger charge is 2.23. The molecule has 1 aliphatic rings. The summed E-state index contributed by atoms with van der Waals surface area (Å²) in [5, 5.41) is 3.41. The van der Waals surface area contributed by atoms with E-state index in [1.165, 1.54) is 0 Å². The first-order valence-electron chi connectivity index (χ1n) is 9.07. The summed E-state index contributed by atoms with van der Waals surface area (Å²) in [6.07, 6.45) is 1.37. The largest absolute Gasteiger partial charge is 0.481 e. The van der Waals surface area contributed by atoms with Crippen LogP contribution in [-0.2, 0) is 4.79 Å². The molecule has 1 aliphatic heterocycles. The van der Waals surface area contributed by atoms with Crippen molar-refractivity contribution in [1.82, 2.24) is 4.90 Å². The van der Waals surface area contributed by atoms with Crippen molar-refractivity contribution in [2.24, 2.45) is 0 Å². The van der Waals surface area contributed by atoms with Gasteiger partial charge in [0.05, 0.1) is 0 Å². The average Bonchev–Trinajstić information content (AvgIpc) is 3.17. The van der Waals surface area contributed by atoms with Gasteiger partial charge in [-0.3, -0.25) is 9.59 Å². The van der Waals surface area contributed by atoms with E-state index in [0.717, 1.165) is 31.5 Å². The number of halogens is 1. The van der Waals surface area contributed by atoms with Crippen molar-refractivity contribution in [3.63, 3.8) is 0 Å². The molecule has 142 valence electrons. The Balaban J connectivity index is 1.70. The Hall–Kier alpha value is -2.53. The summed E-state index contributed by atoms with van der Waals surface area (Å²) in [6, 6.07) is 12.3. The Kier molecular flexibility index (Phi) is 6.01. The summed E-state index contributed by atoms with van der Waals surface area (Å²) in [7, 11) is 0. The number of carbonyl (C=O) groups is 2. The fraction of sp³-hybridized carbons (Fsp3) is 0.333. The maximum absolute atomic E-state index is 12.7. The van der Waals surface area contributed by atoms with Crippen LogP contribution in [0.1, 0.15) is 35.7 Å². The van der Waals surface area contributed by atoms with E-state index >= 15 is 0 Å². The maximum Gasteiger partial charge on any atom is 0.265 e. The highest BCUT2D eigenvalue weighted by atomic mass is 35.5. The molecule has 0 radical (unpaired) electrons. The van der Waals surface area contributed by atoms with Gasteiger partial charge in [-0.25, -0.2) is 0 Å². The average molecular weight is 387 g/mol. The van der Waals surface area contributed by atoms with Crippen LogP contribution >= 0.6 is 11.6 Å². The molecule has 2 aromatic rings. The maximum atomic E-state index is 12.7. The summed E-state index contributed by atoms with van der Waals surface area (Å²) >= 11 is 5.94. The Morgan fingerprint density at radius 2 is 1.85 bits per heavy atom. The number of ether oxygens (including phenoxy) is 1. The quantitative estimate of drug-likeness (QED) is 0.833. The second-order valence-electron chi connectivity index (χ2n) is 6.68. The van der Waals surface area contributed by atoms with Gasteiger partial charge < -0.3 is 15.0 Å². The van der Waals surface area contributed by atoms with E-state index in [9.17, 15) is 9.59 Å².